The van der Waals surface area contributed by atoms with E-state index >= 15 is 0 Å². The number of rotatable bonds is 3. The van der Waals surface area contributed by atoms with Crippen LogP contribution >= 0.6 is 0 Å². The molecule has 2 saturated heterocycles. The van der Waals surface area contributed by atoms with Gasteiger partial charge in [-0.05, 0) is 19.3 Å². The maximum Gasteiger partial charge on any atom is 0.331 e. The molecule has 1 unspecified atom stereocenters. The van der Waals surface area contributed by atoms with Crippen LogP contribution in [0.3, 0.4) is 0 Å². The lowest BCUT2D eigenvalue weighted by molar-refractivity contribution is -0.153. The topological polar surface area (TPSA) is 101 Å². The van der Waals surface area contributed by atoms with E-state index in [1.165, 1.54) is 0 Å². The third kappa shape index (κ3) is 2.11. The van der Waals surface area contributed by atoms with Crippen LogP contribution in [0.1, 0.15) is 33.1 Å². The van der Waals surface area contributed by atoms with Gasteiger partial charge in [-0.1, -0.05) is 13.8 Å². The van der Waals surface area contributed by atoms with Crippen molar-refractivity contribution in [3.05, 3.63) is 0 Å². The molecule has 8 heteroatoms. The largest absolute Gasteiger partial charge is 0.331 e. The number of barbiturate groups is 1. The maximum atomic E-state index is 12.6. The van der Waals surface area contributed by atoms with E-state index in [1.807, 2.05) is 0 Å². The minimum absolute atomic E-state index is 0.0338. The Morgan fingerprint density at radius 2 is 1.85 bits per heavy atom. The number of urea groups is 1. The maximum absolute atomic E-state index is 12.6. The van der Waals surface area contributed by atoms with Gasteiger partial charge in [-0.25, -0.2) is 13.2 Å². The summed E-state index contributed by atoms with van der Waals surface area (Å²) in [6, 6.07) is -1.47. The van der Waals surface area contributed by atoms with E-state index in [0.29, 0.717) is 0 Å². The van der Waals surface area contributed by atoms with Crippen LogP contribution in [0.25, 0.3) is 0 Å². The van der Waals surface area contributed by atoms with Crippen LogP contribution in [0, 0.1) is 5.41 Å². The zero-order valence-electron chi connectivity index (χ0n) is 11.5. The van der Waals surface area contributed by atoms with Crippen molar-refractivity contribution < 1.29 is 22.8 Å². The first-order valence-corrected chi connectivity index (χ1v) is 8.49. The van der Waals surface area contributed by atoms with Crippen molar-refractivity contribution in [3.63, 3.8) is 0 Å². The minimum atomic E-state index is -3.21. The molecule has 0 aromatic rings. The van der Waals surface area contributed by atoms with Crippen LogP contribution in [0.2, 0.25) is 0 Å². The van der Waals surface area contributed by atoms with Crippen molar-refractivity contribution in [1.82, 2.24) is 10.2 Å². The third-order valence-electron chi connectivity index (χ3n) is 4.28. The van der Waals surface area contributed by atoms with Gasteiger partial charge in [-0.2, -0.15) is 0 Å². The van der Waals surface area contributed by atoms with Gasteiger partial charge >= 0.3 is 6.03 Å². The molecule has 0 spiro atoms. The first-order chi connectivity index (χ1) is 9.27. The number of imide groups is 2. The molecule has 0 aliphatic carbocycles. The van der Waals surface area contributed by atoms with E-state index in [-0.39, 0.29) is 30.8 Å². The van der Waals surface area contributed by atoms with Gasteiger partial charge in [0.1, 0.15) is 5.41 Å². The fourth-order valence-electron chi connectivity index (χ4n) is 2.88. The lowest BCUT2D eigenvalue weighted by Gasteiger charge is -2.40. The van der Waals surface area contributed by atoms with Gasteiger partial charge in [0, 0.05) is 0 Å². The Morgan fingerprint density at radius 3 is 2.30 bits per heavy atom. The molecule has 0 aromatic heterocycles. The molecule has 0 saturated carbocycles. The summed E-state index contributed by atoms with van der Waals surface area (Å²) < 4.78 is 23.1. The highest BCUT2D eigenvalue weighted by atomic mass is 32.2. The quantitative estimate of drug-likeness (QED) is 0.743. The highest BCUT2D eigenvalue weighted by Crippen LogP contribution is 2.34. The van der Waals surface area contributed by atoms with Gasteiger partial charge in [-0.15, -0.1) is 0 Å². The van der Waals surface area contributed by atoms with Gasteiger partial charge in [0.15, 0.2) is 9.84 Å². The molecular weight excluding hydrogens is 284 g/mol. The van der Waals surface area contributed by atoms with Crippen LogP contribution in [0.5, 0.6) is 0 Å². The normalized spacial score (nSPS) is 28.6. The van der Waals surface area contributed by atoms with E-state index in [0.717, 1.165) is 4.90 Å². The highest BCUT2D eigenvalue weighted by Gasteiger charge is 2.54. The number of carbonyl (C=O) groups is 3. The van der Waals surface area contributed by atoms with Gasteiger partial charge in [0.25, 0.3) is 0 Å². The van der Waals surface area contributed by atoms with Crippen LogP contribution in [-0.2, 0) is 19.4 Å². The summed E-state index contributed by atoms with van der Waals surface area (Å²) in [5.41, 5.74) is -1.26. The molecular formula is C12H18N2O5S. The number of hydrogen-bond acceptors (Lipinski definition) is 5. The average Bonchev–Trinajstić information content (AvgIpc) is 2.71. The van der Waals surface area contributed by atoms with Crippen LogP contribution in [-0.4, -0.2) is 48.7 Å². The van der Waals surface area contributed by atoms with E-state index in [1.54, 1.807) is 13.8 Å². The van der Waals surface area contributed by atoms with Crippen molar-refractivity contribution in [2.24, 2.45) is 5.41 Å². The van der Waals surface area contributed by atoms with E-state index in [4.69, 9.17) is 0 Å². The van der Waals surface area contributed by atoms with E-state index < -0.39 is 39.1 Å². The van der Waals surface area contributed by atoms with Gasteiger partial charge in [0.2, 0.25) is 11.8 Å². The molecule has 2 heterocycles. The lowest BCUT2D eigenvalue weighted by atomic mass is 9.78. The predicted molar refractivity (Wildman–Crippen MR) is 70.5 cm³/mol. The lowest BCUT2D eigenvalue weighted by Crippen LogP contribution is -2.66. The zero-order chi connectivity index (χ0) is 15.1. The van der Waals surface area contributed by atoms with Crippen molar-refractivity contribution in [2.45, 2.75) is 39.2 Å². The number of hydrogen-bond donors (Lipinski definition) is 1. The van der Waals surface area contributed by atoms with Crippen molar-refractivity contribution in [2.75, 3.05) is 11.5 Å². The first-order valence-electron chi connectivity index (χ1n) is 6.67. The predicted octanol–water partition coefficient (Wildman–Crippen LogP) is 0.0583. The van der Waals surface area contributed by atoms with Crippen LogP contribution in [0.15, 0.2) is 0 Å². The Balaban J connectivity index is 2.36. The summed E-state index contributed by atoms with van der Waals surface area (Å²) in [5, 5.41) is 2.19. The summed E-state index contributed by atoms with van der Waals surface area (Å²) in [6.45, 7) is 3.42. The Hall–Kier alpha value is -1.44. The molecule has 4 amide bonds. The Morgan fingerprint density at radius 1 is 1.25 bits per heavy atom. The molecule has 2 fully saturated rings. The minimum Gasteiger partial charge on any atom is -0.277 e. The highest BCUT2D eigenvalue weighted by molar-refractivity contribution is 7.91. The van der Waals surface area contributed by atoms with Gasteiger partial charge < -0.3 is 0 Å². The monoisotopic (exact) mass is 302 g/mol. The second kappa shape index (κ2) is 4.83. The second-order valence-electron chi connectivity index (χ2n) is 5.28. The standard InChI is InChI=1S/C12H18N2O5S/c1-3-12(4-2)9(15)13-11(17)14(10(12)16)8-5-6-20(18,19)7-8/h8H,3-7H2,1-2H3,(H,13,15,17). The number of carbonyl (C=O) groups excluding carboxylic acids is 3. The molecule has 2 aliphatic heterocycles. The summed E-state index contributed by atoms with van der Waals surface area (Å²) in [7, 11) is -3.21. The molecule has 112 valence electrons. The summed E-state index contributed by atoms with van der Waals surface area (Å²) in [6.07, 6.45) is 0.786. The number of nitrogens with zero attached hydrogens (tertiary/aromatic N) is 1. The molecule has 7 nitrogen and oxygen atoms in total. The average molecular weight is 302 g/mol. The number of sulfone groups is 1. The second-order valence-corrected chi connectivity index (χ2v) is 7.51. The van der Waals surface area contributed by atoms with Crippen LogP contribution in [0.4, 0.5) is 4.79 Å². The number of nitrogens with one attached hydrogen (secondary N) is 1. The van der Waals surface area contributed by atoms with E-state index in [9.17, 15) is 22.8 Å². The zero-order valence-corrected chi connectivity index (χ0v) is 12.3. The first kappa shape index (κ1) is 15.0. The number of amides is 4. The van der Waals surface area contributed by atoms with Gasteiger partial charge in [0.05, 0.1) is 17.5 Å². The Labute approximate surface area is 117 Å². The summed E-state index contributed by atoms with van der Waals surface area (Å²) >= 11 is 0. The Kier molecular flexibility index (Phi) is 3.62. The molecule has 0 aromatic carbocycles. The smallest absolute Gasteiger partial charge is 0.277 e. The Bertz CT molecular complexity index is 564. The molecule has 2 rings (SSSR count). The molecule has 1 atom stereocenters. The molecule has 0 bridgehead atoms. The van der Waals surface area contributed by atoms with Crippen LogP contribution < -0.4 is 5.32 Å². The van der Waals surface area contributed by atoms with Crippen molar-refractivity contribution in [1.29, 1.82) is 0 Å². The third-order valence-corrected chi connectivity index (χ3v) is 6.03. The molecule has 1 N–H and O–H groups in total. The van der Waals surface area contributed by atoms with Gasteiger partial charge in [-0.3, -0.25) is 19.8 Å². The summed E-state index contributed by atoms with van der Waals surface area (Å²) in [4.78, 5) is 37.4. The fourth-order valence-corrected chi connectivity index (χ4v) is 4.58. The SMILES string of the molecule is CCC1(CC)C(=O)NC(=O)N(C2CCS(=O)(=O)C2)C1=O. The fraction of sp³-hybridized carbons (Fsp3) is 0.750. The molecule has 0 radical (unpaired) electrons. The summed E-state index contributed by atoms with van der Waals surface area (Å²) in [5.74, 6) is -1.41. The molecule has 2 aliphatic rings. The van der Waals surface area contributed by atoms with Crippen molar-refractivity contribution in [3.8, 4) is 0 Å². The van der Waals surface area contributed by atoms with E-state index in [2.05, 4.69) is 5.32 Å². The van der Waals surface area contributed by atoms with Crippen molar-refractivity contribution >= 4 is 27.7 Å². The molecule has 20 heavy (non-hydrogen) atoms.